The SMILES string of the molecule is CNC(=O)Cc1ccccc1NC(=O)C(F)(F)C(F)F. The van der Waals surface area contributed by atoms with Gasteiger partial charge in [-0.3, -0.25) is 9.59 Å². The molecule has 0 fully saturated rings. The second-order valence-corrected chi connectivity index (χ2v) is 3.88. The number of amides is 2. The molecule has 1 aromatic carbocycles. The van der Waals surface area contributed by atoms with Crippen LogP contribution >= 0.6 is 0 Å². The number of halogens is 4. The van der Waals surface area contributed by atoms with Gasteiger partial charge in [0.15, 0.2) is 0 Å². The summed E-state index contributed by atoms with van der Waals surface area (Å²) < 4.78 is 49.8. The van der Waals surface area contributed by atoms with Crippen molar-refractivity contribution < 1.29 is 27.2 Å². The molecule has 0 radical (unpaired) electrons. The van der Waals surface area contributed by atoms with Gasteiger partial charge < -0.3 is 10.6 Å². The molecule has 0 aromatic heterocycles. The molecule has 0 aliphatic rings. The number of rotatable bonds is 5. The molecule has 0 spiro atoms. The molecule has 0 aliphatic carbocycles. The van der Waals surface area contributed by atoms with Gasteiger partial charge in [0.2, 0.25) is 5.91 Å². The van der Waals surface area contributed by atoms with Crippen LogP contribution < -0.4 is 10.6 Å². The van der Waals surface area contributed by atoms with Crippen LogP contribution in [0.3, 0.4) is 0 Å². The highest BCUT2D eigenvalue weighted by Gasteiger charge is 2.49. The summed E-state index contributed by atoms with van der Waals surface area (Å²) in [6.45, 7) is 0. The van der Waals surface area contributed by atoms with E-state index in [2.05, 4.69) is 5.32 Å². The third-order valence-electron chi connectivity index (χ3n) is 2.47. The fourth-order valence-corrected chi connectivity index (χ4v) is 1.36. The summed E-state index contributed by atoms with van der Waals surface area (Å²) in [7, 11) is 1.38. The van der Waals surface area contributed by atoms with Crippen LogP contribution in [0.5, 0.6) is 0 Å². The maximum atomic E-state index is 12.8. The van der Waals surface area contributed by atoms with E-state index < -0.39 is 24.2 Å². The average Bonchev–Trinajstić information content (AvgIpc) is 2.40. The normalized spacial score (nSPS) is 11.3. The smallest absolute Gasteiger partial charge is 0.359 e. The lowest BCUT2D eigenvalue weighted by atomic mass is 10.1. The topological polar surface area (TPSA) is 58.2 Å². The molecule has 0 saturated heterocycles. The highest BCUT2D eigenvalue weighted by atomic mass is 19.3. The first-order valence-corrected chi connectivity index (χ1v) is 5.55. The first kappa shape index (κ1) is 15.9. The van der Waals surface area contributed by atoms with E-state index in [1.54, 1.807) is 5.32 Å². The minimum atomic E-state index is -4.79. The average molecular weight is 292 g/mol. The van der Waals surface area contributed by atoms with Crippen molar-refractivity contribution >= 4 is 17.5 Å². The van der Waals surface area contributed by atoms with Crippen molar-refractivity contribution in [2.75, 3.05) is 12.4 Å². The molecule has 0 heterocycles. The Morgan fingerprint density at radius 3 is 2.40 bits per heavy atom. The molecule has 2 N–H and O–H groups in total. The Kier molecular flexibility index (Phi) is 5.06. The summed E-state index contributed by atoms with van der Waals surface area (Å²) >= 11 is 0. The molecule has 1 rings (SSSR count). The molecule has 2 amide bonds. The maximum absolute atomic E-state index is 12.8. The molecular formula is C12H12F4N2O2. The first-order valence-electron chi connectivity index (χ1n) is 5.55. The van der Waals surface area contributed by atoms with Crippen LogP contribution in [0.1, 0.15) is 5.56 Å². The number of nitrogens with one attached hydrogen (secondary N) is 2. The van der Waals surface area contributed by atoms with Crippen LogP contribution in [-0.4, -0.2) is 31.2 Å². The van der Waals surface area contributed by atoms with Gasteiger partial charge in [0.25, 0.3) is 0 Å². The van der Waals surface area contributed by atoms with Gasteiger partial charge in [0, 0.05) is 12.7 Å². The van der Waals surface area contributed by atoms with Crippen LogP contribution in [0.4, 0.5) is 23.2 Å². The highest BCUT2D eigenvalue weighted by molar-refractivity contribution is 5.97. The quantitative estimate of drug-likeness (QED) is 0.813. The van der Waals surface area contributed by atoms with Crippen LogP contribution in [-0.2, 0) is 16.0 Å². The first-order chi connectivity index (χ1) is 9.28. The van der Waals surface area contributed by atoms with Gasteiger partial charge in [-0.25, -0.2) is 8.78 Å². The van der Waals surface area contributed by atoms with E-state index in [-0.39, 0.29) is 17.7 Å². The number of anilines is 1. The number of alkyl halides is 4. The van der Waals surface area contributed by atoms with E-state index in [1.807, 2.05) is 0 Å². The number of carbonyl (C=O) groups is 2. The molecule has 1 aromatic rings. The molecule has 0 atom stereocenters. The zero-order valence-electron chi connectivity index (χ0n) is 10.4. The number of benzene rings is 1. The minimum Gasteiger partial charge on any atom is -0.359 e. The van der Waals surface area contributed by atoms with Gasteiger partial charge in [-0.1, -0.05) is 18.2 Å². The summed E-state index contributed by atoms with van der Waals surface area (Å²) in [5.41, 5.74) is 0.131. The monoisotopic (exact) mass is 292 g/mol. The van der Waals surface area contributed by atoms with Crippen molar-refractivity contribution in [2.24, 2.45) is 0 Å². The van der Waals surface area contributed by atoms with Gasteiger partial charge in [-0.15, -0.1) is 0 Å². The molecule has 0 unspecified atom stereocenters. The zero-order chi connectivity index (χ0) is 15.3. The van der Waals surface area contributed by atoms with E-state index in [9.17, 15) is 27.2 Å². The second-order valence-electron chi connectivity index (χ2n) is 3.88. The summed E-state index contributed by atoms with van der Waals surface area (Å²) in [5, 5.41) is 4.04. The standard InChI is InChI=1S/C12H12F4N2O2/c1-17-9(19)6-7-4-2-3-5-8(7)18-11(20)12(15,16)10(13)14/h2-5,10H,6H2,1H3,(H,17,19)(H,18,20). The third-order valence-corrected chi connectivity index (χ3v) is 2.47. The largest absolute Gasteiger partial charge is 0.383 e. The Bertz CT molecular complexity index is 506. The van der Waals surface area contributed by atoms with E-state index in [0.717, 1.165) is 0 Å². The van der Waals surface area contributed by atoms with Gasteiger partial charge in [-0.05, 0) is 11.6 Å². The Morgan fingerprint density at radius 1 is 1.25 bits per heavy atom. The van der Waals surface area contributed by atoms with Crippen LogP contribution in [0.25, 0.3) is 0 Å². The molecule has 0 bridgehead atoms. The maximum Gasteiger partial charge on any atom is 0.383 e. The predicted octanol–water partition coefficient (Wildman–Crippen LogP) is 1.81. The second kappa shape index (κ2) is 6.36. The Hall–Kier alpha value is -2.12. The molecule has 8 heteroatoms. The molecule has 20 heavy (non-hydrogen) atoms. The van der Waals surface area contributed by atoms with Gasteiger partial charge >= 0.3 is 18.3 Å². The van der Waals surface area contributed by atoms with Crippen molar-refractivity contribution in [3.8, 4) is 0 Å². The summed E-state index contributed by atoms with van der Waals surface area (Å²) in [6, 6.07) is 5.62. The Labute approximate surface area is 112 Å². The molecular weight excluding hydrogens is 280 g/mol. The summed E-state index contributed by atoms with van der Waals surface area (Å²) in [6.07, 6.45) is -4.28. The van der Waals surface area contributed by atoms with Crippen LogP contribution in [0, 0.1) is 0 Å². The molecule has 110 valence electrons. The van der Waals surface area contributed by atoms with Crippen molar-refractivity contribution in [3.63, 3.8) is 0 Å². The molecule has 0 saturated carbocycles. The van der Waals surface area contributed by atoms with Crippen LogP contribution in [0.2, 0.25) is 0 Å². The number of carbonyl (C=O) groups excluding carboxylic acids is 2. The van der Waals surface area contributed by atoms with Crippen molar-refractivity contribution in [1.82, 2.24) is 5.32 Å². The summed E-state index contributed by atoms with van der Waals surface area (Å²) in [4.78, 5) is 22.4. The van der Waals surface area contributed by atoms with Gasteiger partial charge in [0.05, 0.1) is 6.42 Å². The number of hydrogen-bond acceptors (Lipinski definition) is 2. The van der Waals surface area contributed by atoms with Crippen molar-refractivity contribution in [3.05, 3.63) is 29.8 Å². The van der Waals surface area contributed by atoms with Crippen molar-refractivity contribution in [2.45, 2.75) is 18.8 Å². The van der Waals surface area contributed by atoms with E-state index in [1.165, 1.54) is 31.3 Å². The third kappa shape index (κ3) is 3.69. The lowest BCUT2D eigenvalue weighted by Crippen LogP contribution is -2.41. The highest BCUT2D eigenvalue weighted by Crippen LogP contribution is 2.26. The van der Waals surface area contributed by atoms with Gasteiger partial charge in [-0.2, -0.15) is 8.78 Å². The van der Waals surface area contributed by atoms with Gasteiger partial charge in [0.1, 0.15) is 0 Å². The van der Waals surface area contributed by atoms with Crippen LogP contribution in [0.15, 0.2) is 24.3 Å². The summed E-state index contributed by atoms with van der Waals surface area (Å²) in [5.74, 6) is -7.32. The zero-order valence-corrected chi connectivity index (χ0v) is 10.4. The number of likely N-dealkylation sites (N-methyl/N-ethyl adjacent to an activating group) is 1. The molecule has 4 nitrogen and oxygen atoms in total. The molecule has 0 aliphatic heterocycles. The number of hydrogen-bond donors (Lipinski definition) is 2. The lowest BCUT2D eigenvalue weighted by Gasteiger charge is -2.16. The lowest BCUT2D eigenvalue weighted by molar-refractivity contribution is -0.163. The Balaban J connectivity index is 2.93. The Morgan fingerprint density at radius 2 is 1.85 bits per heavy atom. The van der Waals surface area contributed by atoms with E-state index in [4.69, 9.17) is 0 Å². The van der Waals surface area contributed by atoms with E-state index in [0.29, 0.717) is 0 Å². The fourth-order valence-electron chi connectivity index (χ4n) is 1.36. The fraction of sp³-hybridized carbons (Fsp3) is 0.333. The van der Waals surface area contributed by atoms with Crippen molar-refractivity contribution in [1.29, 1.82) is 0 Å². The predicted molar refractivity (Wildman–Crippen MR) is 63.8 cm³/mol. The number of para-hydroxylation sites is 1. The minimum absolute atomic E-state index is 0.110. The van der Waals surface area contributed by atoms with E-state index >= 15 is 0 Å².